The van der Waals surface area contributed by atoms with E-state index in [1.807, 2.05) is 13.8 Å². The van der Waals surface area contributed by atoms with Crippen LogP contribution in [0.15, 0.2) is 35.4 Å². The van der Waals surface area contributed by atoms with Gasteiger partial charge in [0.25, 0.3) is 5.91 Å². The van der Waals surface area contributed by atoms with Crippen LogP contribution in [0.2, 0.25) is 0 Å². The summed E-state index contributed by atoms with van der Waals surface area (Å²) in [5.41, 5.74) is 1.39. The van der Waals surface area contributed by atoms with E-state index < -0.39 is 36.4 Å². The minimum atomic E-state index is -3.40. The highest BCUT2D eigenvalue weighted by Gasteiger charge is 2.55. The maximum Gasteiger partial charge on any atom is 0.345 e. The number of carbonyl (C=O) groups excluding carboxylic acids is 1. The molecule has 8 heteroatoms. The number of aliphatic hydroxyl groups is 1. The molecule has 2 N–H and O–H groups in total. The molecule has 3 atom stereocenters. The van der Waals surface area contributed by atoms with Crippen molar-refractivity contribution in [2.45, 2.75) is 64.0 Å². The number of aromatic carboxylic acids is 1. The van der Waals surface area contributed by atoms with Crippen LogP contribution in [0.5, 0.6) is 0 Å². The lowest BCUT2D eigenvalue weighted by molar-refractivity contribution is -0.148. The normalized spacial score (nSPS) is 22.3. The number of alkyl halides is 2. The van der Waals surface area contributed by atoms with Crippen LogP contribution in [-0.2, 0) is 11.2 Å². The Labute approximate surface area is 190 Å². The van der Waals surface area contributed by atoms with Gasteiger partial charge in [0.15, 0.2) is 0 Å². The van der Waals surface area contributed by atoms with Crippen LogP contribution in [-0.4, -0.2) is 51.6 Å². The largest absolute Gasteiger partial charge is 0.477 e. The molecular weight excluding hydrogens is 436 g/mol. The fourth-order valence-corrected chi connectivity index (χ4v) is 4.66. The van der Waals surface area contributed by atoms with Crippen LogP contribution < -0.4 is 0 Å². The number of rotatable bonds is 9. The van der Waals surface area contributed by atoms with E-state index in [4.69, 9.17) is 5.11 Å². The SMILES string of the molecule is CCC#CC[C@@H](C)[C@H](O)/C=C1C=C\1C1CC(F)(F)C(=O)N1CCCc1ccc(C(=O)O)s1. The number of aryl methyl sites for hydroxylation is 1. The number of amides is 1. The minimum Gasteiger partial charge on any atom is -0.477 e. The molecule has 1 aliphatic heterocycles. The zero-order chi connectivity index (χ0) is 23.5. The molecule has 0 saturated carbocycles. The molecule has 1 saturated heterocycles. The van der Waals surface area contributed by atoms with Crippen molar-refractivity contribution in [3.8, 4) is 11.8 Å². The monoisotopic (exact) mass is 463 g/mol. The van der Waals surface area contributed by atoms with E-state index in [9.17, 15) is 23.5 Å². The zero-order valence-electron chi connectivity index (χ0n) is 18.1. The average Bonchev–Trinajstić information content (AvgIpc) is 3.24. The van der Waals surface area contributed by atoms with Crippen molar-refractivity contribution in [2.24, 2.45) is 5.92 Å². The second-order valence-corrected chi connectivity index (χ2v) is 9.37. The third-order valence-corrected chi connectivity index (χ3v) is 6.81. The lowest BCUT2D eigenvalue weighted by Gasteiger charge is -2.22. The average molecular weight is 464 g/mol. The van der Waals surface area contributed by atoms with Gasteiger partial charge in [0, 0.05) is 30.7 Å². The summed E-state index contributed by atoms with van der Waals surface area (Å²) in [5.74, 6) is 0.316. The molecule has 1 amide bonds. The number of hydrogen-bond donors (Lipinski definition) is 2. The van der Waals surface area contributed by atoms with Crippen LogP contribution in [0.3, 0.4) is 0 Å². The Kier molecular flexibility index (Phi) is 7.52. The number of thiophene rings is 1. The molecule has 2 aliphatic rings. The molecule has 0 spiro atoms. The Morgan fingerprint density at radius 1 is 1.41 bits per heavy atom. The standard InChI is InChI=1S/C24H27F2NO4S/c1-3-4-5-7-15(2)20(28)13-16-12-18(16)19-14-24(25,26)23(31)27(19)11-6-8-17-9-10-21(32-17)22(29)30/h9-10,12-13,15,19-20,28H,3,6-8,11,14H2,1-2H3,(H,29,30)/b16-13+/t15-,19?,20-/m1/s1. The molecule has 1 unspecified atom stereocenters. The second-order valence-electron chi connectivity index (χ2n) is 8.20. The Hall–Kier alpha value is -2.50. The van der Waals surface area contributed by atoms with Gasteiger partial charge in [-0.1, -0.05) is 13.8 Å². The molecule has 3 rings (SSSR count). The van der Waals surface area contributed by atoms with Crippen molar-refractivity contribution >= 4 is 23.2 Å². The van der Waals surface area contributed by atoms with Crippen LogP contribution in [0.25, 0.3) is 0 Å². The highest BCUT2D eigenvalue weighted by atomic mass is 32.1. The molecule has 1 aromatic rings. The van der Waals surface area contributed by atoms with E-state index in [0.717, 1.165) is 28.2 Å². The number of halogens is 2. The first kappa shape index (κ1) is 24.1. The first-order chi connectivity index (χ1) is 15.1. The number of nitrogens with zero attached hydrogens (tertiary/aromatic N) is 1. The summed E-state index contributed by atoms with van der Waals surface area (Å²) in [4.78, 5) is 25.6. The second kappa shape index (κ2) is 9.97. The van der Waals surface area contributed by atoms with Gasteiger partial charge in [-0.3, -0.25) is 4.79 Å². The molecule has 32 heavy (non-hydrogen) atoms. The number of likely N-dealkylation sites (tertiary alicyclic amines) is 1. The van der Waals surface area contributed by atoms with Crippen LogP contribution in [0.4, 0.5) is 8.78 Å². The molecule has 1 aromatic heterocycles. The number of carbonyl (C=O) groups is 2. The van der Waals surface area contributed by atoms with Gasteiger partial charge in [0.1, 0.15) is 4.88 Å². The Bertz CT molecular complexity index is 1000. The first-order valence-corrected chi connectivity index (χ1v) is 11.5. The van der Waals surface area contributed by atoms with Gasteiger partial charge in [-0.15, -0.1) is 23.2 Å². The quantitative estimate of drug-likeness (QED) is 0.536. The Morgan fingerprint density at radius 3 is 2.81 bits per heavy atom. The number of hydrogen-bond acceptors (Lipinski definition) is 4. The summed E-state index contributed by atoms with van der Waals surface area (Å²) in [6, 6.07) is 2.53. The van der Waals surface area contributed by atoms with Crippen LogP contribution in [0, 0.1) is 17.8 Å². The topological polar surface area (TPSA) is 77.8 Å². The minimum absolute atomic E-state index is 0.0824. The number of aliphatic hydroxyl groups excluding tert-OH is 1. The third-order valence-electron chi connectivity index (χ3n) is 5.67. The first-order valence-electron chi connectivity index (χ1n) is 10.7. The van der Waals surface area contributed by atoms with Crippen molar-refractivity contribution in [3.05, 3.63) is 45.2 Å². The van der Waals surface area contributed by atoms with Gasteiger partial charge < -0.3 is 15.1 Å². The van der Waals surface area contributed by atoms with Crippen LogP contribution >= 0.6 is 11.3 Å². The highest BCUT2D eigenvalue weighted by molar-refractivity contribution is 7.13. The molecule has 1 aliphatic carbocycles. The molecule has 172 valence electrons. The maximum absolute atomic E-state index is 14.2. The molecule has 1 fully saturated rings. The lowest BCUT2D eigenvalue weighted by atomic mass is 9.99. The van der Waals surface area contributed by atoms with Gasteiger partial charge in [-0.05, 0) is 54.2 Å². The highest BCUT2D eigenvalue weighted by Crippen LogP contribution is 2.44. The van der Waals surface area contributed by atoms with E-state index in [1.54, 1.807) is 18.2 Å². The predicted octanol–water partition coefficient (Wildman–Crippen LogP) is 4.28. The van der Waals surface area contributed by atoms with Gasteiger partial charge in [-0.2, -0.15) is 8.78 Å². The van der Waals surface area contributed by atoms with E-state index in [-0.39, 0.29) is 17.3 Å². The predicted molar refractivity (Wildman–Crippen MR) is 119 cm³/mol. The lowest BCUT2D eigenvalue weighted by Crippen LogP contribution is -2.37. The molecule has 0 bridgehead atoms. The van der Waals surface area contributed by atoms with Crippen LogP contribution in [0.1, 0.15) is 54.1 Å². The summed E-state index contributed by atoms with van der Waals surface area (Å²) in [6.07, 6.45) is 4.37. The summed E-state index contributed by atoms with van der Waals surface area (Å²) >= 11 is 1.15. The van der Waals surface area contributed by atoms with Crippen molar-refractivity contribution < 1.29 is 28.6 Å². The fourth-order valence-electron chi connectivity index (χ4n) is 3.77. The van der Waals surface area contributed by atoms with E-state index in [2.05, 4.69) is 11.8 Å². The van der Waals surface area contributed by atoms with Gasteiger partial charge in [0.2, 0.25) is 0 Å². The number of carboxylic acid groups (broad SMARTS) is 1. The van der Waals surface area contributed by atoms with Crippen molar-refractivity contribution in [1.29, 1.82) is 0 Å². The van der Waals surface area contributed by atoms with E-state index in [1.165, 1.54) is 11.0 Å². The van der Waals surface area contributed by atoms with E-state index >= 15 is 0 Å². The van der Waals surface area contributed by atoms with E-state index in [0.29, 0.717) is 24.8 Å². The summed E-state index contributed by atoms with van der Waals surface area (Å²) in [6.45, 7) is 4.00. The molecular formula is C24H27F2NO4S. The summed E-state index contributed by atoms with van der Waals surface area (Å²) in [5, 5.41) is 19.4. The maximum atomic E-state index is 14.2. The smallest absolute Gasteiger partial charge is 0.345 e. The van der Waals surface area contributed by atoms with Gasteiger partial charge >= 0.3 is 11.9 Å². The number of carboxylic acids is 1. The van der Waals surface area contributed by atoms with Gasteiger partial charge in [-0.25, -0.2) is 4.79 Å². The van der Waals surface area contributed by atoms with Crippen molar-refractivity contribution in [2.75, 3.05) is 6.54 Å². The zero-order valence-corrected chi connectivity index (χ0v) is 18.9. The molecule has 2 heterocycles. The van der Waals surface area contributed by atoms with Crippen molar-refractivity contribution in [3.63, 3.8) is 0 Å². The van der Waals surface area contributed by atoms with Crippen molar-refractivity contribution in [1.82, 2.24) is 4.90 Å². The van der Waals surface area contributed by atoms with Gasteiger partial charge in [0.05, 0.1) is 12.1 Å². The third kappa shape index (κ3) is 5.64. The molecule has 0 aromatic carbocycles. The molecule has 0 radical (unpaired) electrons. The summed E-state index contributed by atoms with van der Waals surface area (Å²) in [7, 11) is 0. The Morgan fingerprint density at radius 2 is 2.16 bits per heavy atom. The Balaban J connectivity index is 1.60. The fraction of sp³-hybridized carbons (Fsp3) is 0.500. The summed E-state index contributed by atoms with van der Waals surface area (Å²) < 4.78 is 28.4. The number of allylic oxidation sites excluding steroid dienone is 1. The molecule has 5 nitrogen and oxygen atoms in total.